The molecule has 1 aromatic heterocycles. The van der Waals surface area contributed by atoms with E-state index in [0.717, 1.165) is 35.2 Å². The normalized spacial score (nSPS) is 15.9. The maximum atomic E-state index is 8.91. The average molecular weight is 207 g/mol. The summed E-state index contributed by atoms with van der Waals surface area (Å²) < 4.78 is 0. The Morgan fingerprint density at radius 3 is 2.71 bits per heavy atom. The van der Waals surface area contributed by atoms with Gasteiger partial charge < -0.3 is 4.90 Å². The van der Waals surface area contributed by atoms with Crippen LogP contribution >= 0.6 is 11.3 Å². The van der Waals surface area contributed by atoms with Gasteiger partial charge in [-0.3, -0.25) is 0 Å². The van der Waals surface area contributed by atoms with E-state index in [1.54, 1.807) is 0 Å². The van der Waals surface area contributed by atoms with Crippen LogP contribution in [0, 0.1) is 11.3 Å². The lowest BCUT2D eigenvalue weighted by molar-refractivity contribution is 0.940. The van der Waals surface area contributed by atoms with Crippen molar-refractivity contribution in [2.45, 2.75) is 26.2 Å². The molecule has 74 valence electrons. The predicted molar refractivity (Wildman–Crippen MR) is 57.7 cm³/mol. The molecule has 0 unspecified atom stereocenters. The third kappa shape index (κ3) is 1.60. The highest BCUT2D eigenvalue weighted by atomic mass is 32.1. The van der Waals surface area contributed by atoms with E-state index in [4.69, 9.17) is 5.26 Å². The van der Waals surface area contributed by atoms with Gasteiger partial charge in [-0.15, -0.1) is 0 Å². The topological polar surface area (TPSA) is 39.9 Å². The molecule has 1 aliphatic rings. The van der Waals surface area contributed by atoms with Crippen LogP contribution < -0.4 is 4.90 Å². The van der Waals surface area contributed by atoms with Crippen molar-refractivity contribution in [2.24, 2.45) is 0 Å². The Bertz CT molecular complexity index is 358. The zero-order valence-electron chi connectivity index (χ0n) is 8.29. The molecule has 4 heteroatoms. The van der Waals surface area contributed by atoms with Gasteiger partial charge in [0.25, 0.3) is 0 Å². The van der Waals surface area contributed by atoms with Crippen LogP contribution in [0.4, 0.5) is 5.13 Å². The molecule has 0 saturated carbocycles. The minimum absolute atomic E-state index is 0.786. The number of aryl methyl sites for hydroxylation is 1. The Morgan fingerprint density at radius 2 is 2.21 bits per heavy atom. The van der Waals surface area contributed by atoms with Gasteiger partial charge in [-0.05, 0) is 19.3 Å². The van der Waals surface area contributed by atoms with Crippen LogP contribution in [-0.2, 0) is 6.42 Å². The molecule has 1 saturated heterocycles. The molecule has 2 rings (SSSR count). The summed E-state index contributed by atoms with van der Waals surface area (Å²) in [6, 6.07) is 2.22. The maximum Gasteiger partial charge on any atom is 0.186 e. The van der Waals surface area contributed by atoms with E-state index < -0.39 is 0 Å². The molecular formula is C10H13N3S. The Hall–Kier alpha value is -1.08. The third-order valence-corrected chi connectivity index (χ3v) is 3.56. The molecule has 0 amide bonds. The second-order valence-electron chi connectivity index (χ2n) is 3.43. The number of nitrogens with zero attached hydrogens (tertiary/aromatic N) is 3. The summed E-state index contributed by atoms with van der Waals surface area (Å²) in [5, 5.41) is 9.95. The molecular weight excluding hydrogens is 194 g/mol. The number of thiazole rings is 1. The summed E-state index contributed by atoms with van der Waals surface area (Å²) in [6.45, 7) is 4.24. The predicted octanol–water partition coefficient (Wildman–Crippen LogP) is 2.18. The zero-order valence-corrected chi connectivity index (χ0v) is 9.10. The largest absolute Gasteiger partial charge is 0.348 e. The molecule has 3 nitrogen and oxygen atoms in total. The van der Waals surface area contributed by atoms with Crippen LogP contribution in [0.2, 0.25) is 0 Å². The van der Waals surface area contributed by atoms with Crippen molar-refractivity contribution in [2.75, 3.05) is 18.0 Å². The highest BCUT2D eigenvalue weighted by Gasteiger charge is 2.18. The van der Waals surface area contributed by atoms with E-state index in [2.05, 4.69) is 16.0 Å². The molecule has 1 fully saturated rings. The van der Waals surface area contributed by atoms with Gasteiger partial charge >= 0.3 is 0 Å². The fourth-order valence-electron chi connectivity index (χ4n) is 1.71. The number of nitriles is 1. The SMILES string of the molecule is CCc1nc(N2CCCC2)sc1C#N. The van der Waals surface area contributed by atoms with Gasteiger partial charge in [0.1, 0.15) is 10.9 Å². The molecule has 1 aliphatic heterocycles. The Morgan fingerprint density at radius 1 is 1.50 bits per heavy atom. The number of anilines is 1. The second kappa shape index (κ2) is 3.97. The molecule has 0 bridgehead atoms. The fraction of sp³-hybridized carbons (Fsp3) is 0.600. The summed E-state index contributed by atoms with van der Waals surface area (Å²) in [5.74, 6) is 0. The average Bonchev–Trinajstić information content (AvgIpc) is 2.85. The van der Waals surface area contributed by atoms with Crippen LogP contribution in [0.5, 0.6) is 0 Å². The number of aromatic nitrogens is 1. The van der Waals surface area contributed by atoms with E-state index >= 15 is 0 Å². The minimum Gasteiger partial charge on any atom is -0.348 e. The Labute approximate surface area is 88.0 Å². The number of hydrogen-bond acceptors (Lipinski definition) is 4. The molecule has 0 aliphatic carbocycles. The van der Waals surface area contributed by atoms with E-state index in [1.807, 2.05) is 6.92 Å². The molecule has 2 heterocycles. The van der Waals surface area contributed by atoms with Crippen molar-refractivity contribution >= 4 is 16.5 Å². The van der Waals surface area contributed by atoms with Gasteiger partial charge in [-0.25, -0.2) is 4.98 Å². The Balaban J connectivity index is 2.26. The zero-order chi connectivity index (χ0) is 9.97. The molecule has 0 radical (unpaired) electrons. The van der Waals surface area contributed by atoms with Gasteiger partial charge in [-0.2, -0.15) is 5.26 Å². The first-order valence-electron chi connectivity index (χ1n) is 5.00. The standard InChI is InChI=1S/C10H13N3S/c1-2-8-9(7-11)14-10(12-8)13-5-3-4-6-13/h2-6H2,1H3. The summed E-state index contributed by atoms with van der Waals surface area (Å²) in [6.07, 6.45) is 3.36. The lowest BCUT2D eigenvalue weighted by Gasteiger charge is -2.11. The first kappa shape index (κ1) is 9.47. The van der Waals surface area contributed by atoms with E-state index in [9.17, 15) is 0 Å². The Kier molecular flexibility index (Phi) is 2.69. The van der Waals surface area contributed by atoms with Gasteiger partial charge in [0, 0.05) is 13.1 Å². The highest BCUT2D eigenvalue weighted by molar-refractivity contribution is 7.16. The quantitative estimate of drug-likeness (QED) is 0.746. The van der Waals surface area contributed by atoms with E-state index in [0.29, 0.717) is 0 Å². The molecule has 0 aromatic carbocycles. The number of rotatable bonds is 2. The fourth-order valence-corrected chi connectivity index (χ4v) is 2.71. The van der Waals surface area contributed by atoms with Crippen LogP contribution in [0.1, 0.15) is 30.3 Å². The van der Waals surface area contributed by atoms with Gasteiger partial charge in [-0.1, -0.05) is 18.3 Å². The first-order chi connectivity index (χ1) is 6.85. The van der Waals surface area contributed by atoms with E-state index in [-0.39, 0.29) is 0 Å². The van der Waals surface area contributed by atoms with Gasteiger partial charge in [0.2, 0.25) is 0 Å². The van der Waals surface area contributed by atoms with Crippen LogP contribution in [0.3, 0.4) is 0 Å². The first-order valence-corrected chi connectivity index (χ1v) is 5.81. The minimum atomic E-state index is 0.786. The highest BCUT2D eigenvalue weighted by Crippen LogP contribution is 2.28. The summed E-state index contributed by atoms with van der Waals surface area (Å²) in [7, 11) is 0. The molecule has 0 N–H and O–H groups in total. The second-order valence-corrected chi connectivity index (χ2v) is 4.41. The maximum absolute atomic E-state index is 8.91. The van der Waals surface area contributed by atoms with Crippen molar-refractivity contribution < 1.29 is 0 Å². The van der Waals surface area contributed by atoms with Gasteiger partial charge in [0.15, 0.2) is 5.13 Å². The van der Waals surface area contributed by atoms with Crippen LogP contribution in [-0.4, -0.2) is 18.1 Å². The van der Waals surface area contributed by atoms with Crippen molar-refractivity contribution in [3.05, 3.63) is 10.6 Å². The smallest absolute Gasteiger partial charge is 0.186 e. The third-order valence-electron chi connectivity index (χ3n) is 2.50. The summed E-state index contributed by atoms with van der Waals surface area (Å²) in [4.78, 5) is 7.57. The lowest BCUT2D eigenvalue weighted by atomic mass is 10.3. The lowest BCUT2D eigenvalue weighted by Crippen LogP contribution is -2.17. The van der Waals surface area contributed by atoms with Gasteiger partial charge in [0.05, 0.1) is 5.69 Å². The van der Waals surface area contributed by atoms with Crippen molar-refractivity contribution in [1.29, 1.82) is 5.26 Å². The van der Waals surface area contributed by atoms with Crippen LogP contribution in [0.25, 0.3) is 0 Å². The molecule has 0 spiro atoms. The molecule has 1 aromatic rings. The van der Waals surface area contributed by atoms with Crippen molar-refractivity contribution in [1.82, 2.24) is 4.98 Å². The molecule has 14 heavy (non-hydrogen) atoms. The summed E-state index contributed by atoms with van der Waals surface area (Å²) >= 11 is 1.54. The monoisotopic (exact) mass is 207 g/mol. The van der Waals surface area contributed by atoms with Crippen molar-refractivity contribution in [3.8, 4) is 6.07 Å². The van der Waals surface area contributed by atoms with Crippen molar-refractivity contribution in [3.63, 3.8) is 0 Å². The number of hydrogen-bond donors (Lipinski definition) is 0. The van der Waals surface area contributed by atoms with Crippen LogP contribution in [0.15, 0.2) is 0 Å². The summed E-state index contributed by atoms with van der Waals surface area (Å²) in [5.41, 5.74) is 0.958. The molecule has 0 atom stereocenters. The van der Waals surface area contributed by atoms with E-state index in [1.165, 1.54) is 24.2 Å².